The van der Waals surface area contributed by atoms with E-state index in [9.17, 15) is 5.11 Å². The van der Waals surface area contributed by atoms with Crippen molar-refractivity contribution in [3.63, 3.8) is 0 Å². The van der Waals surface area contributed by atoms with Gasteiger partial charge in [0.1, 0.15) is 6.04 Å². The number of nitrogens with two attached hydrogens (primary N) is 1. The minimum atomic E-state index is -0.890. The van der Waals surface area contributed by atoms with Crippen LogP contribution < -0.4 is 5.32 Å². The van der Waals surface area contributed by atoms with Crippen LogP contribution in [-0.2, 0) is 5.60 Å². The molecule has 0 bridgehead atoms. The molecule has 3 N–H and O–H groups in total. The van der Waals surface area contributed by atoms with Gasteiger partial charge in [0.2, 0.25) is 0 Å². The molecule has 1 fully saturated rings. The largest absolute Gasteiger partial charge is 0.374 e. The van der Waals surface area contributed by atoms with Gasteiger partial charge >= 0.3 is 0 Å². The van der Waals surface area contributed by atoms with Crippen molar-refractivity contribution in [3.8, 4) is 0 Å². The third-order valence-electron chi connectivity index (χ3n) is 4.13. The van der Waals surface area contributed by atoms with Gasteiger partial charge in [0.05, 0.1) is 6.54 Å². The molecule has 3 rings (SSSR count). The fourth-order valence-electron chi connectivity index (χ4n) is 3.13. The topological polar surface area (TPSA) is 36.8 Å². The summed E-state index contributed by atoms with van der Waals surface area (Å²) < 4.78 is 0. The smallest absolute Gasteiger partial charge is 0.166 e. The normalized spacial score (nSPS) is 19.5. The third-order valence-corrected chi connectivity index (χ3v) is 4.13. The zero-order valence-corrected chi connectivity index (χ0v) is 11.0. The fraction of sp³-hybridized carbons (Fsp3) is 0.294. The number of aliphatic hydroxyl groups is 1. The van der Waals surface area contributed by atoms with Crippen molar-refractivity contribution >= 4 is 0 Å². The zero-order chi connectivity index (χ0) is 13.1. The summed E-state index contributed by atoms with van der Waals surface area (Å²) in [6.07, 6.45) is 2.23. The molecule has 1 saturated heterocycles. The van der Waals surface area contributed by atoms with E-state index in [0.717, 1.165) is 24.1 Å². The third kappa shape index (κ3) is 2.18. The second-order valence-electron chi connectivity index (χ2n) is 5.27. The number of hydrogen-bond acceptors (Lipinski definition) is 1. The lowest BCUT2D eigenvalue weighted by Crippen LogP contribution is -2.90. The summed E-state index contributed by atoms with van der Waals surface area (Å²) in [7, 11) is 0. The second kappa shape index (κ2) is 5.16. The summed E-state index contributed by atoms with van der Waals surface area (Å²) >= 11 is 0. The van der Waals surface area contributed by atoms with Crippen molar-refractivity contribution in [2.75, 3.05) is 6.54 Å². The lowest BCUT2D eigenvalue weighted by molar-refractivity contribution is -0.684. The molecule has 0 aliphatic carbocycles. The van der Waals surface area contributed by atoms with Crippen molar-refractivity contribution in [1.82, 2.24) is 0 Å². The lowest BCUT2D eigenvalue weighted by Gasteiger charge is -2.32. The Morgan fingerprint density at radius 1 is 0.895 bits per heavy atom. The van der Waals surface area contributed by atoms with Crippen LogP contribution in [0.2, 0.25) is 0 Å². The van der Waals surface area contributed by atoms with Gasteiger partial charge in [0.15, 0.2) is 5.60 Å². The van der Waals surface area contributed by atoms with Crippen LogP contribution >= 0.6 is 0 Å². The van der Waals surface area contributed by atoms with Crippen LogP contribution in [0.4, 0.5) is 0 Å². The first-order valence-corrected chi connectivity index (χ1v) is 6.98. The molecular formula is C17H20NO+. The molecule has 2 aromatic rings. The standard InChI is InChI=1S/C17H19NO/c19-17(16-12-7-13-18-16,14-8-3-1-4-9-14)15-10-5-2-6-11-15/h1-6,8-11,16,18-19H,7,12-13H2/p+1/t16-/m1/s1. The summed E-state index contributed by atoms with van der Waals surface area (Å²) in [4.78, 5) is 0. The number of hydrogen-bond donors (Lipinski definition) is 2. The van der Waals surface area contributed by atoms with E-state index >= 15 is 0 Å². The summed E-state index contributed by atoms with van der Waals surface area (Å²) in [6, 6.07) is 20.3. The van der Waals surface area contributed by atoms with Gasteiger partial charge in [-0.05, 0) is 11.1 Å². The molecule has 0 saturated carbocycles. The molecule has 1 aliphatic heterocycles. The van der Waals surface area contributed by atoms with Gasteiger partial charge < -0.3 is 10.4 Å². The Labute approximate surface area is 114 Å². The van der Waals surface area contributed by atoms with Gasteiger partial charge in [-0.2, -0.15) is 0 Å². The van der Waals surface area contributed by atoms with Crippen LogP contribution in [0.25, 0.3) is 0 Å². The van der Waals surface area contributed by atoms with Crippen LogP contribution in [0.5, 0.6) is 0 Å². The Bertz CT molecular complexity index is 478. The molecule has 2 nitrogen and oxygen atoms in total. The average Bonchev–Trinajstić information content (AvgIpc) is 3.03. The first-order chi connectivity index (χ1) is 9.32. The van der Waals surface area contributed by atoms with Gasteiger partial charge in [-0.1, -0.05) is 60.7 Å². The molecular weight excluding hydrogens is 234 g/mol. The molecule has 1 heterocycles. The Morgan fingerprint density at radius 2 is 1.42 bits per heavy atom. The van der Waals surface area contributed by atoms with Crippen molar-refractivity contribution < 1.29 is 10.4 Å². The van der Waals surface area contributed by atoms with Crippen molar-refractivity contribution in [1.29, 1.82) is 0 Å². The maximum absolute atomic E-state index is 11.4. The highest BCUT2D eigenvalue weighted by Crippen LogP contribution is 2.34. The number of quaternary nitrogens is 1. The zero-order valence-electron chi connectivity index (χ0n) is 11.0. The van der Waals surface area contributed by atoms with E-state index in [0.29, 0.717) is 0 Å². The monoisotopic (exact) mass is 254 g/mol. The van der Waals surface area contributed by atoms with Crippen LogP contribution in [0.15, 0.2) is 60.7 Å². The van der Waals surface area contributed by atoms with E-state index in [2.05, 4.69) is 5.32 Å². The fourth-order valence-corrected chi connectivity index (χ4v) is 3.13. The molecule has 1 aliphatic rings. The molecule has 0 unspecified atom stereocenters. The van der Waals surface area contributed by atoms with Gasteiger partial charge in [-0.3, -0.25) is 0 Å². The molecule has 0 aromatic heterocycles. The molecule has 0 amide bonds. The molecule has 0 radical (unpaired) electrons. The second-order valence-corrected chi connectivity index (χ2v) is 5.27. The SMILES string of the molecule is OC(c1ccccc1)(c1ccccc1)[C@H]1CCC[NH2+]1. The Balaban J connectivity index is 2.10. The predicted molar refractivity (Wildman–Crippen MR) is 75.7 cm³/mol. The maximum Gasteiger partial charge on any atom is 0.166 e. The number of rotatable bonds is 3. The highest BCUT2D eigenvalue weighted by Gasteiger charge is 2.44. The molecule has 1 atom stereocenters. The number of benzene rings is 2. The van der Waals surface area contributed by atoms with Crippen molar-refractivity contribution in [3.05, 3.63) is 71.8 Å². The molecule has 0 spiro atoms. The minimum Gasteiger partial charge on any atom is -0.374 e. The van der Waals surface area contributed by atoms with Gasteiger partial charge in [-0.15, -0.1) is 0 Å². The van der Waals surface area contributed by atoms with Gasteiger partial charge in [-0.25, -0.2) is 0 Å². The summed E-state index contributed by atoms with van der Waals surface area (Å²) in [5, 5.41) is 13.7. The Morgan fingerprint density at radius 3 is 1.84 bits per heavy atom. The van der Waals surface area contributed by atoms with Crippen LogP contribution in [0, 0.1) is 0 Å². The van der Waals surface area contributed by atoms with E-state index < -0.39 is 5.60 Å². The molecule has 98 valence electrons. The maximum atomic E-state index is 11.4. The molecule has 2 aromatic carbocycles. The van der Waals surface area contributed by atoms with E-state index in [-0.39, 0.29) is 6.04 Å². The van der Waals surface area contributed by atoms with Gasteiger partial charge in [0, 0.05) is 12.8 Å². The van der Waals surface area contributed by atoms with Gasteiger partial charge in [0.25, 0.3) is 0 Å². The van der Waals surface area contributed by atoms with Crippen LogP contribution in [-0.4, -0.2) is 17.7 Å². The van der Waals surface area contributed by atoms with Crippen molar-refractivity contribution in [2.45, 2.75) is 24.5 Å². The Hall–Kier alpha value is -1.64. The quantitative estimate of drug-likeness (QED) is 0.858. The first kappa shape index (κ1) is 12.4. The van der Waals surface area contributed by atoms with Crippen LogP contribution in [0.1, 0.15) is 24.0 Å². The minimum absolute atomic E-state index is 0.206. The Kier molecular flexibility index (Phi) is 3.36. The first-order valence-electron chi connectivity index (χ1n) is 6.98. The lowest BCUT2D eigenvalue weighted by atomic mass is 9.79. The van der Waals surface area contributed by atoms with E-state index in [1.54, 1.807) is 0 Å². The molecule has 2 heteroatoms. The van der Waals surface area contributed by atoms with E-state index in [1.807, 2.05) is 60.7 Å². The summed E-state index contributed by atoms with van der Waals surface area (Å²) in [5.74, 6) is 0. The predicted octanol–water partition coefficient (Wildman–Crippen LogP) is 1.65. The summed E-state index contributed by atoms with van der Waals surface area (Å²) in [6.45, 7) is 1.10. The average molecular weight is 254 g/mol. The van der Waals surface area contributed by atoms with Crippen molar-refractivity contribution in [2.24, 2.45) is 0 Å². The summed E-state index contributed by atoms with van der Waals surface area (Å²) in [5.41, 5.74) is 1.09. The van der Waals surface area contributed by atoms with E-state index in [4.69, 9.17) is 0 Å². The highest BCUT2D eigenvalue weighted by atomic mass is 16.3. The van der Waals surface area contributed by atoms with E-state index in [1.165, 1.54) is 6.42 Å². The molecule has 19 heavy (non-hydrogen) atoms. The van der Waals surface area contributed by atoms with Crippen LogP contribution in [0.3, 0.4) is 0 Å². The highest BCUT2D eigenvalue weighted by molar-refractivity contribution is 5.37.